The SMILES string of the molecule is Nc1nc(OC(F)(F)F)cc(C(F)F)c1F. The molecule has 0 atom stereocenters. The van der Waals surface area contributed by atoms with E-state index >= 15 is 0 Å². The maximum atomic E-state index is 12.9. The summed E-state index contributed by atoms with van der Waals surface area (Å²) in [7, 11) is 0. The fraction of sp³-hybridized carbons (Fsp3) is 0.286. The van der Waals surface area contributed by atoms with Gasteiger partial charge in [-0.05, 0) is 0 Å². The van der Waals surface area contributed by atoms with Gasteiger partial charge in [0.05, 0.1) is 5.56 Å². The quantitative estimate of drug-likeness (QED) is 0.816. The number of halogens is 6. The Kier molecular flexibility index (Phi) is 3.15. The van der Waals surface area contributed by atoms with E-state index in [1.807, 2.05) is 0 Å². The first-order chi connectivity index (χ1) is 7.20. The van der Waals surface area contributed by atoms with E-state index in [2.05, 4.69) is 9.72 Å². The second-order valence-electron chi connectivity index (χ2n) is 2.60. The van der Waals surface area contributed by atoms with Crippen LogP contribution in [-0.2, 0) is 0 Å². The molecule has 0 spiro atoms. The minimum atomic E-state index is -5.11. The number of aromatic nitrogens is 1. The summed E-state index contributed by atoms with van der Waals surface area (Å²) in [6.45, 7) is 0. The highest BCUT2D eigenvalue weighted by atomic mass is 19.4. The first-order valence-corrected chi connectivity index (χ1v) is 3.70. The second-order valence-corrected chi connectivity index (χ2v) is 2.60. The van der Waals surface area contributed by atoms with Crippen molar-refractivity contribution in [3.8, 4) is 5.88 Å². The number of hydrogen-bond acceptors (Lipinski definition) is 3. The molecule has 16 heavy (non-hydrogen) atoms. The molecule has 0 fully saturated rings. The molecule has 3 nitrogen and oxygen atoms in total. The number of hydrogen-bond donors (Lipinski definition) is 1. The molecule has 1 rings (SSSR count). The van der Waals surface area contributed by atoms with Crippen molar-refractivity contribution in [3.63, 3.8) is 0 Å². The Bertz CT molecular complexity index is 391. The van der Waals surface area contributed by atoms with Gasteiger partial charge in [0.1, 0.15) is 0 Å². The van der Waals surface area contributed by atoms with E-state index < -0.39 is 35.9 Å². The van der Waals surface area contributed by atoms with Crippen LogP contribution in [0, 0.1) is 5.82 Å². The van der Waals surface area contributed by atoms with Crippen LogP contribution in [-0.4, -0.2) is 11.3 Å². The molecule has 1 heterocycles. The van der Waals surface area contributed by atoms with Crippen LogP contribution in [0.25, 0.3) is 0 Å². The van der Waals surface area contributed by atoms with Crippen molar-refractivity contribution in [1.82, 2.24) is 4.98 Å². The van der Waals surface area contributed by atoms with E-state index in [1.165, 1.54) is 0 Å². The smallest absolute Gasteiger partial charge is 0.388 e. The lowest BCUT2D eigenvalue weighted by Gasteiger charge is -2.10. The van der Waals surface area contributed by atoms with E-state index in [9.17, 15) is 26.3 Å². The molecule has 0 bridgehead atoms. The average Bonchev–Trinajstić information content (AvgIpc) is 2.07. The lowest BCUT2D eigenvalue weighted by atomic mass is 10.2. The molecule has 0 aliphatic carbocycles. The van der Waals surface area contributed by atoms with Gasteiger partial charge in [0.25, 0.3) is 6.43 Å². The van der Waals surface area contributed by atoms with Crippen LogP contribution < -0.4 is 10.5 Å². The van der Waals surface area contributed by atoms with Crippen molar-refractivity contribution >= 4 is 5.82 Å². The molecule has 0 aromatic carbocycles. The Morgan fingerprint density at radius 2 is 1.88 bits per heavy atom. The normalized spacial score (nSPS) is 11.9. The Labute approximate surface area is 84.8 Å². The van der Waals surface area contributed by atoms with Crippen molar-refractivity contribution in [1.29, 1.82) is 0 Å². The fourth-order valence-corrected chi connectivity index (χ4v) is 0.874. The fourth-order valence-electron chi connectivity index (χ4n) is 0.874. The molecule has 0 aliphatic rings. The molecule has 0 radical (unpaired) electrons. The first kappa shape index (κ1) is 12.4. The minimum Gasteiger partial charge on any atom is -0.388 e. The first-order valence-electron chi connectivity index (χ1n) is 3.70. The number of pyridine rings is 1. The van der Waals surface area contributed by atoms with Crippen molar-refractivity contribution < 1.29 is 31.1 Å². The van der Waals surface area contributed by atoms with E-state index in [0.29, 0.717) is 0 Å². The molecule has 90 valence electrons. The highest BCUT2D eigenvalue weighted by Gasteiger charge is 2.33. The summed E-state index contributed by atoms with van der Waals surface area (Å²) < 4.78 is 75.6. The number of anilines is 1. The Balaban J connectivity index is 3.14. The van der Waals surface area contributed by atoms with Gasteiger partial charge in [0.2, 0.25) is 5.88 Å². The van der Waals surface area contributed by atoms with Crippen LogP contribution in [0.5, 0.6) is 5.88 Å². The highest BCUT2D eigenvalue weighted by Crippen LogP contribution is 2.30. The van der Waals surface area contributed by atoms with Crippen molar-refractivity contribution in [2.75, 3.05) is 5.73 Å². The van der Waals surface area contributed by atoms with Gasteiger partial charge in [0.15, 0.2) is 11.6 Å². The van der Waals surface area contributed by atoms with Gasteiger partial charge in [-0.2, -0.15) is 4.98 Å². The summed E-state index contributed by atoms with van der Waals surface area (Å²) in [6, 6.07) is 0.143. The highest BCUT2D eigenvalue weighted by molar-refractivity contribution is 5.40. The number of ether oxygens (including phenoxy) is 1. The van der Waals surface area contributed by atoms with Gasteiger partial charge in [-0.25, -0.2) is 13.2 Å². The number of alkyl halides is 5. The maximum Gasteiger partial charge on any atom is 0.574 e. The van der Waals surface area contributed by atoms with E-state index in [-0.39, 0.29) is 6.07 Å². The molecule has 0 amide bonds. The minimum absolute atomic E-state index is 0.143. The lowest BCUT2D eigenvalue weighted by Crippen LogP contribution is -2.18. The van der Waals surface area contributed by atoms with E-state index in [1.54, 1.807) is 0 Å². The van der Waals surface area contributed by atoms with Crippen molar-refractivity contribution in [2.24, 2.45) is 0 Å². The number of nitrogen functional groups attached to an aromatic ring is 1. The van der Waals surface area contributed by atoms with Crippen LogP contribution in [0.3, 0.4) is 0 Å². The molecule has 0 unspecified atom stereocenters. The maximum absolute atomic E-state index is 12.9. The molecule has 0 saturated carbocycles. The number of rotatable bonds is 2. The van der Waals surface area contributed by atoms with Crippen LogP contribution in [0.15, 0.2) is 6.07 Å². The summed E-state index contributed by atoms with van der Waals surface area (Å²) in [4.78, 5) is 2.83. The third-order valence-corrected chi connectivity index (χ3v) is 1.44. The molecular formula is C7H4F6N2O. The van der Waals surface area contributed by atoms with Crippen LogP contribution in [0.2, 0.25) is 0 Å². The molecule has 1 aromatic heterocycles. The third kappa shape index (κ3) is 2.91. The van der Waals surface area contributed by atoms with Gasteiger partial charge in [-0.3, -0.25) is 0 Å². The summed E-state index contributed by atoms with van der Waals surface area (Å²) in [5.41, 5.74) is 3.51. The zero-order valence-electron chi connectivity index (χ0n) is 7.36. The molecule has 1 aromatic rings. The molecule has 2 N–H and O–H groups in total. The molecular weight excluding hydrogens is 242 g/mol. The summed E-state index contributed by atoms with van der Waals surface area (Å²) in [6.07, 6.45) is -8.43. The van der Waals surface area contributed by atoms with Crippen molar-refractivity contribution in [3.05, 3.63) is 17.4 Å². The zero-order valence-corrected chi connectivity index (χ0v) is 7.36. The van der Waals surface area contributed by atoms with E-state index in [0.717, 1.165) is 0 Å². The molecule has 0 saturated heterocycles. The Morgan fingerprint density at radius 1 is 1.31 bits per heavy atom. The van der Waals surface area contributed by atoms with Crippen LogP contribution >= 0.6 is 0 Å². The Morgan fingerprint density at radius 3 is 2.31 bits per heavy atom. The van der Waals surface area contributed by atoms with Gasteiger partial charge in [-0.15, -0.1) is 13.2 Å². The van der Waals surface area contributed by atoms with Gasteiger partial charge in [-0.1, -0.05) is 0 Å². The van der Waals surface area contributed by atoms with Crippen molar-refractivity contribution in [2.45, 2.75) is 12.8 Å². The Hall–Kier alpha value is -1.67. The van der Waals surface area contributed by atoms with Gasteiger partial charge in [0, 0.05) is 6.07 Å². The average molecular weight is 246 g/mol. The predicted molar refractivity (Wildman–Crippen MR) is 40.2 cm³/mol. The largest absolute Gasteiger partial charge is 0.574 e. The van der Waals surface area contributed by atoms with Crippen LogP contribution in [0.4, 0.5) is 32.2 Å². The second kappa shape index (κ2) is 4.06. The van der Waals surface area contributed by atoms with Gasteiger partial charge < -0.3 is 10.5 Å². The standard InChI is InChI=1S/C7H4F6N2O/c8-4-2(5(9)10)1-3(15-6(4)14)16-7(11,12)13/h1,5H,(H2,14,15). The number of nitrogens with zero attached hydrogens (tertiary/aromatic N) is 1. The summed E-state index contributed by atoms with van der Waals surface area (Å²) in [5.74, 6) is -3.89. The van der Waals surface area contributed by atoms with Crippen LogP contribution in [0.1, 0.15) is 12.0 Å². The van der Waals surface area contributed by atoms with Gasteiger partial charge >= 0.3 is 6.36 Å². The number of nitrogens with two attached hydrogens (primary N) is 1. The summed E-state index contributed by atoms with van der Waals surface area (Å²) in [5, 5.41) is 0. The predicted octanol–water partition coefficient (Wildman–Crippen LogP) is 2.64. The zero-order chi connectivity index (χ0) is 12.5. The molecule has 9 heteroatoms. The molecule has 0 aliphatic heterocycles. The van der Waals surface area contributed by atoms with E-state index in [4.69, 9.17) is 5.73 Å². The lowest BCUT2D eigenvalue weighted by molar-refractivity contribution is -0.276. The topological polar surface area (TPSA) is 48.1 Å². The monoisotopic (exact) mass is 246 g/mol. The summed E-state index contributed by atoms with van der Waals surface area (Å²) >= 11 is 0. The third-order valence-electron chi connectivity index (χ3n) is 1.44.